The van der Waals surface area contributed by atoms with E-state index < -0.39 is 6.10 Å². The molecule has 5 heteroatoms. The van der Waals surface area contributed by atoms with Crippen LogP contribution in [0.2, 0.25) is 0 Å². The van der Waals surface area contributed by atoms with E-state index in [4.69, 9.17) is 15.3 Å². The van der Waals surface area contributed by atoms with Gasteiger partial charge in [0.15, 0.2) is 0 Å². The minimum absolute atomic E-state index is 0. The standard InChI is InChI=1S/C3H8O3.Si.Ti/c4-1-3(6)2-5;;/h3-6H,1-2H2;;. The fourth-order valence-corrected chi connectivity index (χ4v) is 0.0577. The molecule has 8 heavy (non-hydrogen) atoms. The Hall–Kier alpha value is 0.811. The summed E-state index contributed by atoms with van der Waals surface area (Å²) in [4.78, 5) is 0. The molecule has 0 aromatic rings. The molecule has 0 aliphatic heterocycles. The van der Waals surface area contributed by atoms with Crippen LogP contribution in [0.15, 0.2) is 0 Å². The molecule has 0 saturated carbocycles. The van der Waals surface area contributed by atoms with Crippen LogP contribution in [0, 0.1) is 0 Å². The first-order valence-electron chi connectivity index (χ1n) is 1.71. The Morgan fingerprint density at radius 2 is 1.38 bits per heavy atom. The number of hydrogen-bond donors (Lipinski definition) is 3. The molecule has 0 fully saturated rings. The van der Waals surface area contributed by atoms with Crippen LogP contribution in [-0.2, 0) is 21.7 Å². The molecule has 0 bridgehead atoms. The quantitative estimate of drug-likeness (QED) is 0.416. The van der Waals surface area contributed by atoms with Gasteiger partial charge in [-0.25, -0.2) is 0 Å². The smallest absolute Gasteiger partial charge is 0.100 e. The van der Waals surface area contributed by atoms with Crippen LogP contribution in [0.5, 0.6) is 0 Å². The van der Waals surface area contributed by atoms with Crippen molar-refractivity contribution in [2.75, 3.05) is 13.2 Å². The number of hydrogen-bond acceptors (Lipinski definition) is 3. The number of aliphatic hydroxyl groups excluding tert-OH is 3. The maximum Gasteiger partial charge on any atom is 0.100 e. The second-order valence-corrected chi connectivity index (χ2v) is 1.02. The zero-order valence-electron chi connectivity index (χ0n) is 4.33. The van der Waals surface area contributed by atoms with E-state index in [1.165, 1.54) is 0 Å². The largest absolute Gasteiger partial charge is 0.394 e. The molecule has 0 aromatic carbocycles. The fraction of sp³-hybridized carbons (Fsp3) is 1.00. The van der Waals surface area contributed by atoms with Crippen molar-refractivity contribution in [3.8, 4) is 0 Å². The second kappa shape index (κ2) is 10.7. The van der Waals surface area contributed by atoms with Crippen molar-refractivity contribution in [3.63, 3.8) is 0 Å². The summed E-state index contributed by atoms with van der Waals surface area (Å²) < 4.78 is 0. The summed E-state index contributed by atoms with van der Waals surface area (Å²) in [5, 5.41) is 24.0. The molecule has 0 saturated heterocycles. The number of rotatable bonds is 2. The van der Waals surface area contributed by atoms with Crippen LogP contribution < -0.4 is 0 Å². The van der Waals surface area contributed by atoms with Crippen molar-refractivity contribution in [2.24, 2.45) is 0 Å². The molecule has 3 nitrogen and oxygen atoms in total. The van der Waals surface area contributed by atoms with E-state index in [1.807, 2.05) is 0 Å². The Morgan fingerprint density at radius 1 is 1.12 bits per heavy atom. The molecule has 0 atom stereocenters. The van der Waals surface area contributed by atoms with Crippen molar-refractivity contribution in [1.82, 2.24) is 0 Å². The van der Waals surface area contributed by atoms with Gasteiger partial charge in [-0.3, -0.25) is 0 Å². The molecule has 3 N–H and O–H groups in total. The van der Waals surface area contributed by atoms with Crippen LogP contribution in [0.25, 0.3) is 0 Å². The van der Waals surface area contributed by atoms with E-state index in [-0.39, 0.29) is 45.9 Å². The summed E-state index contributed by atoms with van der Waals surface area (Å²) in [6, 6.07) is 0. The molecule has 0 aliphatic carbocycles. The summed E-state index contributed by atoms with van der Waals surface area (Å²) in [6.07, 6.45) is -0.954. The first-order chi connectivity index (χ1) is 2.81. The van der Waals surface area contributed by atoms with Gasteiger partial charge < -0.3 is 15.3 Å². The van der Waals surface area contributed by atoms with Crippen molar-refractivity contribution >= 4 is 11.0 Å². The Morgan fingerprint density at radius 3 is 1.38 bits per heavy atom. The van der Waals surface area contributed by atoms with E-state index >= 15 is 0 Å². The molecule has 46 valence electrons. The zero-order chi connectivity index (χ0) is 4.99. The fourth-order valence-electron chi connectivity index (χ4n) is 0.0577. The van der Waals surface area contributed by atoms with Gasteiger partial charge in [-0.15, -0.1) is 0 Å². The molecule has 0 amide bonds. The average molecular weight is 168 g/mol. The van der Waals surface area contributed by atoms with Crippen LogP contribution in [0.3, 0.4) is 0 Å². The van der Waals surface area contributed by atoms with E-state index in [1.54, 1.807) is 0 Å². The normalized spacial score (nSPS) is 7.50. The molecule has 0 heterocycles. The molecular formula is C3H8O3SiTi. The number of aliphatic hydroxyl groups is 3. The predicted octanol–water partition coefficient (Wildman–Crippen LogP) is -2.05. The molecule has 0 aliphatic rings. The monoisotopic (exact) mass is 168 g/mol. The average Bonchev–Trinajstić information content (AvgIpc) is 1.65. The van der Waals surface area contributed by atoms with Gasteiger partial charge in [0.2, 0.25) is 0 Å². The Kier molecular flexibility index (Phi) is 21.4. The summed E-state index contributed by atoms with van der Waals surface area (Å²) >= 11 is 0. The van der Waals surface area contributed by atoms with Crippen molar-refractivity contribution in [2.45, 2.75) is 6.10 Å². The van der Waals surface area contributed by atoms with E-state index in [0.717, 1.165) is 0 Å². The third-order valence-corrected chi connectivity index (χ3v) is 0.421. The van der Waals surface area contributed by atoms with Gasteiger partial charge in [0.05, 0.1) is 13.2 Å². The minimum atomic E-state index is -0.954. The van der Waals surface area contributed by atoms with Gasteiger partial charge in [-0.05, 0) is 0 Å². The molecule has 0 spiro atoms. The second-order valence-electron chi connectivity index (χ2n) is 1.02. The van der Waals surface area contributed by atoms with Gasteiger partial charge in [-0.2, -0.15) is 0 Å². The minimum Gasteiger partial charge on any atom is -0.394 e. The molecule has 0 aromatic heterocycles. The predicted molar refractivity (Wildman–Crippen MR) is 25.9 cm³/mol. The molecule has 0 unspecified atom stereocenters. The van der Waals surface area contributed by atoms with E-state index in [9.17, 15) is 0 Å². The zero-order valence-corrected chi connectivity index (χ0v) is 6.89. The SMILES string of the molecule is OCC(O)CO.[Si].[Ti]. The molecular weight excluding hydrogens is 160 g/mol. The van der Waals surface area contributed by atoms with E-state index in [2.05, 4.69) is 0 Å². The maximum atomic E-state index is 8.17. The van der Waals surface area contributed by atoms with Crippen molar-refractivity contribution in [1.29, 1.82) is 0 Å². The van der Waals surface area contributed by atoms with Gasteiger partial charge in [0, 0.05) is 32.7 Å². The van der Waals surface area contributed by atoms with Crippen LogP contribution in [0.4, 0.5) is 0 Å². The first-order valence-corrected chi connectivity index (χ1v) is 1.71. The summed E-state index contributed by atoms with van der Waals surface area (Å²) in [6.45, 7) is -0.729. The summed E-state index contributed by atoms with van der Waals surface area (Å²) in [7, 11) is 0. The summed E-state index contributed by atoms with van der Waals surface area (Å²) in [5.41, 5.74) is 0. The van der Waals surface area contributed by atoms with Crippen LogP contribution in [0.1, 0.15) is 0 Å². The van der Waals surface area contributed by atoms with E-state index in [0.29, 0.717) is 0 Å². The van der Waals surface area contributed by atoms with Gasteiger partial charge in [-0.1, -0.05) is 0 Å². The summed E-state index contributed by atoms with van der Waals surface area (Å²) in [5.74, 6) is 0. The Bertz CT molecular complexity index is 33.7. The van der Waals surface area contributed by atoms with Crippen molar-refractivity contribution in [3.05, 3.63) is 0 Å². The molecule has 4 radical (unpaired) electrons. The van der Waals surface area contributed by atoms with Gasteiger partial charge >= 0.3 is 0 Å². The van der Waals surface area contributed by atoms with Crippen LogP contribution in [-0.4, -0.2) is 45.6 Å². The van der Waals surface area contributed by atoms with Crippen molar-refractivity contribution < 1.29 is 37.0 Å². The first kappa shape index (κ1) is 15.9. The maximum absolute atomic E-state index is 8.17. The van der Waals surface area contributed by atoms with Gasteiger partial charge in [0.25, 0.3) is 0 Å². The molecule has 0 rings (SSSR count). The topological polar surface area (TPSA) is 60.7 Å². The Labute approximate surface area is 67.6 Å². The third kappa shape index (κ3) is 9.94. The van der Waals surface area contributed by atoms with Gasteiger partial charge in [0.1, 0.15) is 6.10 Å². The Balaban J connectivity index is -0.000000125. The third-order valence-electron chi connectivity index (χ3n) is 0.421. The van der Waals surface area contributed by atoms with Crippen LogP contribution >= 0.6 is 0 Å².